The summed E-state index contributed by atoms with van der Waals surface area (Å²) in [5, 5.41) is -0.178. The van der Waals surface area contributed by atoms with Gasteiger partial charge in [-0.1, -0.05) is 60.7 Å². The molecular weight excluding hydrogens is 760 g/mol. The van der Waals surface area contributed by atoms with Gasteiger partial charge in [0.05, 0.1) is 43.3 Å². The zero-order chi connectivity index (χ0) is 33.3. The molecule has 248 valence electrons. The SMILES string of the molecule is O=c1n(SOOC2(C[C@@H](COCc3ccccc3)OCc3ccccc3)CC2)c2c3occc3c(F)c(F)c2n1-c1ccc(I)cc1F. The van der Waals surface area contributed by atoms with Crippen LogP contribution in [-0.4, -0.2) is 26.9 Å². The maximum atomic E-state index is 15.6. The Morgan fingerprint density at radius 3 is 2.29 bits per heavy atom. The standard InChI is InChI=1S/C35H28F3IN2O6S/c36-27-17-24(39)11-12-28(27)40-31-30(38)29(37)26-13-16-44-33(26)32(31)41(34(40)42)48-47-46-35(14-15-35)18-25(45-20-23-9-5-2-6-10-23)21-43-19-22-7-3-1-4-8-22/h1-13,16-17,25H,14-15,18-21H2/t25-/m0/s1. The van der Waals surface area contributed by atoms with Crippen LogP contribution in [0.5, 0.6) is 0 Å². The van der Waals surface area contributed by atoms with Crippen LogP contribution in [0.25, 0.3) is 27.7 Å². The van der Waals surface area contributed by atoms with Crippen LogP contribution >= 0.6 is 34.8 Å². The predicted molar refractivity (Wildman–Crippen MR) is 183 cm³/mol. The molecule has 4 aromatic carbocycles. The number of fused-ring (bicyclic) bond motifs is 3. The Kier molecular flexibility index (Phi) is 9.67. The number of benzene rings is 4. The van der Waals surface area contributed by atoms with Crippen LogP contribution in [-0.2, 0) is 31.9 Å². The van der Waals surface area contributed by atoms with Gasteiger partial charge in [-0.3, -0.25) is 4.57 Å². The van der Waals surface area contributed by atoms with Gasteiger partial charge in [0.2, 0.25) is 0 Å². The van der Waals surface area contributed by atoms with Crippen LogP contribution in [0.3, 0.4) is 0 Å². The summed E-state index contributed by atoms with van der Waals surface area (Å²) in [4.78, 5) is 19.7. The van der Waals surface area contributed by atoms with Gasteiger partial charge in [0.15, 0.2) is 29.4 Å². The summed E-state index contributed by atoms with van der Waals surface area (Å²) in [6.45, 7) is 1.09. The smallest absolute Gasteiger partial charge is 0.346 e. The second-order valence-corrected chi connectivity index (χ2v) is 13.4. The first-order valence-corrected chi connectivity index (χ1v) is 16.9. The number of halogens is 4. The molecule has 0 aliphatic heterocycles. The second kappa shape index (κ2) is 14.1. The number of ether oxygens (including phenoxy) is 2. The fourth-order valence-corrected chi connectivity index (χ4v) is 6.64. The fourth-order valence-electron chi connectivity index (χ4n) is 5.56. The highest BCUT2D eigenvalue weighted by molar-refractivity contribution is 14.1. The lowest BCUT2D eigenvalue weighted by Crippen LogP contribution is -2.28. The Balaban J connectivity index is 1.12. The molecule has 1 atom stereocenters. The highest BCUT2D eigenvalue weighted by Gasteiger charge is 2.48. The number of hydrogen-bond acceptors (Lipinski definition) is 7. The third kappa shape index (κ3) is 6.80. The molecule has 1 saturated carbocycles. The zero-order valence-electron chi connectivity index (χ0n) is 25.2. The van der Waals surface area contributed by atoms with E-state index in [4.69, 9.17) is 23.1 Å². The first kappa shape index (κ1) is 32.9. The first-order valence-electron chi connectivity index (χ1n) is 15.1. The van der Waals surface area contributed by atoms with Crippen LogP contribution in [0.2, 0.25) is 0 Å². The van der Waals surface area contributed by atoms with Crippen molar-refractivity contribution in [1.82, 2.24) is 8.54 Å². The van der Waals surface area contributed by atoms with Crippen molar-refractivity contribution < 1.29 is 36.3 Å². The van der Waals surface area contributed by atoms with Crippen molar-refractivity contribution >= 4 is 56.8 Å². The molecular formula is C35H28F3IN2O6S. The first-order chi connectivity index (χ1) is 23.3. The lowest BCUT2D eigenvalue weighted by molar-refractivity contribution is -0.254. The van der Waals surface area contributed by atoms with E-state index in [-0.39, 0.29) is 28.3 Å². The summed E-state index contributed by atoms with van der Waals surface area (Å²) >= 11 is 2.38. The summed E-state index contributed by atoms with van der Waals surface area (Å²) in [7, 11) is 0. The maximum absolute atomic E-state index is 15.6. The number of aromatic nitrogens is 2. The predicted octanol–water partition coefficient (Wildman–Crippen LogP) is 8.64. The molecule has 0 spiro atoms. The third-order valence-corrected chi connectivity index (χ3v) is 9.44. The number of furan rings is 1. The molecule has 0 saturated heterocycles. The summed E-state index contributed by atoms with van der Waals surface area (Å²) in [6.07, 6.45) is 2.58. The molecule has 1 aliphatic carbocycles. The Labute approximate surface area is 290 Å². The summed E-state index contributed by atoms with van der Waals surface area (Å²) < 4.78 is 71.5. The number of hydrogen-bond donors (Lipinski definition) is 0. The topological polar surface area (TPSA) is 77.0 Å². The van der Waals surface area contributed by atoms with E-state index >= 15 is 13.2 Å². The number of imidazole rings is 1. The van der Waals surface area contributed by atoms with Gasteiger partial charge in [-0.25, -0.2) is 26.8 Å². The molecule has 0 amide bonds. The normalized spacial score (nSPS) is 14.6. The molecule has 48 heavy (non-hydrogen) atoms. The Bertz CT molecular complexity index is 2120. The molecule has 7 rings (SSSR count). The van der Waals surface area contributed by atoms with E-state index < -0.39 is 34.3 Å². The monoisotopic (exact) mass is 788 g/mol. The van der Waals surface area contributed by atoms with E-state index in [9.17, 15) is 4.79 Å². The van der Waals surface area contributed by atoms with Crippen molar-refractivity contribution in [1.29, 1.82) is 0 Å². The van der Waals surface area contributed by atoms with Gasteiger partial charge in [0.25, 0.3) is 0 Å². The van der Waals surface area contributed by atoms with E-state index in [1.54, 1.807) is 6.07 Å². The van der Waals surface area contributed by atoms with Crippen molar-refractivity contribution in [3.8, 4) is 5.69 Å². The lowest BCUT2D eigenvalue weighted by Gasteiger charge is -2.23. The molecule has 2 heterocycles. The average Bonchev–Trinajstić information content (AvgIpc) is 3.55. The molecule has 0 bridgehead atoms. The molecule has 2 aromatic heterocycles. The van der Waals surface area contributed by atoms with Gasteiger partial charge >= 0.3 is 5.69 Å². The Morgan fingerprint density at radius 2 is 1.60 bits per heavy atom. The number of nitrogens with zero attached hydrogens (tertiary/aromatic N) is 2. The highest BCUT2D eigenvalue weighted by atomic mass is 127. The zero-order valence-corrected chi connectivity index (χ0v) is 28.2. The largest absolute Gasteiger partial charge is 0.462 e. The van der Waals surface area contributed by atoms with Gasteiger partial charge in [-0.05, 0) is 70.8 Å². The van der Waals surface area contributed by atoms with Gasteiger partial charge in [-0.2, -0.15) is 0 Å². The van der Waals surface area contributed by atoms with E-state index in [0.717, 1.165) is 19.7 Å². The summed E-state index contributed by atoms with van der Waals surface area (Å²) in [5.74, 6) is -3.35. The average molecular weight is 789 g/mol. The summed E-state index contributed by atoms with van der Waals surface area (Å²) in [6, 6.07) is 24.9. The van der Waals surface area contributed by atoms with Crippen LogP contribution in [0.4, 0.5) is 13.2 Å². The van der Waals surface area contributed by atoms with Crippen molar-refractivity contribution in [2.45, 2.75) is 44.2 Å². The van der Waals surface area contributed by atoms with Crippen LogP contribution in [0, 0.1) is 21.0 Å². The quantitative estimate of drug-likeness (QED) is 0.0474. The third-order valence-electron chi connectivity index (χ3n) is 8.15. The molecule has 0 radical (unpaired) electrons. The molecule has 8 nitrogen and oxygen atoms in total. The van der Waals surface area contributed by atoms with Gasteiger partial charge < -0.3 is 13.9 Å². The highest BCUT2D eigenvalue weighted by Crippen LogP contribution is 2.45. The minimum atomic E-state index is -1.33. The molecule has 1 fully saturated rings. The van der Waals surface area contributed by atoms with Crippen LogP contribution in [0.15, 0.2) is 100 Å². The van der Waals surface area contributed by atoms with Crippen molar-refractivity contribution in [2.75, 3.05) is 6.61 Å². The molecule has 1 aliphatic rings. The number of rotatable bonds is 14. The van der Waals surface area contributed by atoms with Gasteiger partial charge in [0, 0.05) is 9.99 Å². The van der Waals surface area contributed by atoms with Crippen molar-refractivity contribution in [2.24, 2.45) is 0 Å². The molecule has 0 N–H and O–H groups in total. The molecule has 0 unspecified atom stereocenters. The lowest BCUT2D eigenvalue weighted by atomic mass is 10.1. The molecule has 6 aromatic rings. The van der Waals surface area contributed by atoms with Crippen LogP contribution < -0.4 is 5.69 Å². The van der Waals surface area contributed by atoms with Crippen molar-refractivity contribution in [3.05, 3.63) is 134 Å². The van der Waals surface area contributed by atoms with Gasteiger partial charge in [-0.15, -0.1) is 4.33 Å². The van der Waals surface area contributed by atoms with E-state index in [1.807, 2.05) is 83.3 Å². The second-order valence-electron chi connectivity index (χ2n) is 11.5. The van der Waals surface area contributed by atoms with Crippen molar-refractivity contribution in [3.63, 3.8) is 0 Å². The summed E-state index contributed by atoms with van der Waals surface area (Å²) in [5.41, 5.74) is -0.577. The minimum absolute atomic E-state index is 0.104. The fraction of sp³-hybridized carbons (Fsp3) is 0.229. The minimum Gasteiger partial charge on any atom is -0.462 e. The molecule has 13 heteroatoms. The Hall–Kier alpha value is -3.60. The van der Waals surface area contributed by atoms with E-state index in [1.165, 1.54) is 24.5 Å². The van der Waals surface area contributed by atoms with Gasteiger partial charge in [0.1, 0.15) is 22.5 Å². The Morgan fingerprint density at radius 1 is 0.896 bits per heavy atom. The van der Waals surface area contributed by atoms with Crippen LogP contribution in [0.1, 0.15) is 30.4 Å². The van der Waals surface area contributed by atoms with E-state index in [2.05, 4.69) is 0 Å². The maximum Gasteiger partial charge on any atom is 0.346 e. The van der Waals surface area contributed by atoms with E-state index in [0.29, 0.717) is 54.9 Å².